The molecule has 1 aliphatic rings. The molecule has 1 heterocycles. The first kappa shape index (κ1) is 25.7. The number of amides is 2. The number of thioether (sulfide) groups is 1. The van der Waals surface area contributed by atoms with Crippen LogP contribution in [0.15, 0.2) is 89.8 Å². The van der Waals surface area contributed by atoms with Gasteiger partial charge in [0.2, 0.25) is 0 Å². The summed E-state index contributed by atoms with van der Waals surface area (Å²) in [6.07, 6.45) is 1.74. The third-order valence-electron chi connectivity index (χ3n) is 6.03. The molecule has 8 heteroatoms. The summed E-state index contributed by atoms with van der Waals surface area (Å²) in [4.78, 5) is 27.5. The molecule has 0 spiro atoms. The predicted octanol–water partition coefficient (Wildman–Crippen LogP) is 7.20. The Labute approximate surface area is 229 Å². The van der Waals surface area contributed by atoms with Crippen LogP contribution < -0.4 is 14.2 Å². The fraction of sp³-hybridized carbons (Fsp3) is 0.133. The van der Waals surface area contributed by atoms with E-state index in [1.165, 1.54) is 4.90 Å². The van der Waals surface area contributed by atoms with Gasteiger partial charge >= 0.3 is 0 Å². The summed E-state index contributed by atoms with van der Waals surface area (Å²) < 4.78 is 17.2. The lowest BCUT2D eigenvalue weighted by molar-refractivity contribution is -0.123. The van der Waals surface area contributed by atoms with Crippen molar-refractivity contribution in [3.05, 3.63) is 106 Å². The highest BCUT2D eigenvalue weighted by atomic mass is 35.5. The molecule has 6 nitrogen and oxygen atoms in total. The number of halogens is 1. The van der Waals surface area contributed by atoms with Crippen LogP contribution in [-0.4, -0.2) is 36.3 Å². The van der Waals surface area contributed by atoms with Crippen LogP contribution in [-0.2, 0) is 11.4 Å². The molecule has 0 unspecified atom stereocenters. The molecule has 4 aromatic rings. The van der Waals surface area contributed by atoms with E-state index >= 15 is 0 Å². The first-order valence-electron chi connectivity index (χ1n) is 11.9. The Morgan fingerprint density at radius 1 is 0.842 bits per heavy atom. The molecule has 0 bridgehead atoms. The lowest BCUT2D eigenvalue weighted by Gasteiger charge is -2.15. The van der Waals surface area contributed by atoms with Crippen LogP contribution in [0, 0.1) is 0 Å². The summed E-state index contributed by atoms with van der Waals surface area (Å²) in [7, 11) is 1.56. The average Bonchev–Trinajstić information content (AvgIpc) is 3.21. The summed E-state index contributed by atoms with van der Waals surface area (Å²) >= 11 is 6.91. The number of hydrogen-bond donors (Lipinski definition) is 0. The number of ether oxygens (including phenoxy) is 3. The fourth-order valence-corrected chi connectivity index (χ4v) is 5.07. The fourth-order valence-electron chi connectivity index (χ4n) is 4.10. The molecule has 1 saturated heterocycles. The summed E-state index contributed by atoms with van der Waals surface area (Å²) in [5.41, 5.74) is 1.71. The minimum Gasteiger partial charge on any atom is -0.493 e. The van der Waals surface area contributed by atoms with E-state index in [0.717, 1.165) is 33.7 Å². The Hall–Kier alpha value is -3.94. The Morgan fingerprint density at radius 2 is 1.58 bits per heavy atom. The smallest absolute Gasteiger partial charge is 0.293 e. The van der Waals surface area contributed by atoms with Crippen molar-refractivity contribution < 1.29 is 23.8 Å². The van der Waals surface area contributed by atoms with Gasteiger partial charge in [0.15, 0.2) is 11.5 Å². The minimum absolute atomic E-state index is 0.121. The van der Waals surface area contributed by atoms with Gasteiger partial charge in [-0.1, -0.05) is 66.2 Å². The van der Waals surface area contributed by atoms with E-state index < -0.39 is 0 Å². The maximum absolute atomic E-state index is 13.2. The summed E-state index contributed by atoms with van der Waals surface area (Å²) in [5.74, 6) is 1.39. The van der Waals surface area contributed by atoms with Gasteiger partial charge in [-0.05, 0) is 64.5 Å². The van der Waals surface area contributed by atoms with Crippen molar-refractivity contribution in [3.63, 3.8) is 0 Å². The molecule has 1 fully saturated rings. The SMILES string of the molecule is COc1ccccc1OCCN1C(=O)S/C(=C\c2c(OCc3ccc(Cl)cc3)ccc3ccccc23)C1=O. The van der Waals surface area contributed by atoms with Crippen molar-refractivity contribution in [3.8, 4) is 17.2 Å². The topological polar surface area (TPSA) is 65.1 Å². The van der Waals surface area contributed by atoms with Gasteiger partial charge in [0.1, 0.15) is 19.0 Å². The number of nitrogens with zero attached hydrogens (tertiary/aromatic N) is 1. The van der Waals surface area contributed by atoms with Crippen molar-refractivity contribution in [1.82, 2.24) is 4.90 Å². The van der Waals surface area contributed by atoms with Crippen LogP contribution in [0.25, 0.3) is 16.8 Å². The number of fused-ring (bicyclic) bond motifs is 1. The number of carbonyl (C=O) groups excluding carboxylic acids is 2. The highest BCUT2D eigenvalue weighted by molar-refractivity contribution is 8.18. The molecule has 38 heavy (non-hydrogen) atoms. The second kappa shape index (κ2) is 11.6. The normalized spacial score (nSPS) is 14.4. The first-order valence-corrected chi connectivity index (χ1v) is 13.1. The van der Waals surface area contributed by atoms with E-state index in [1.807, 2.05) is 72.8 Å². The minimum atomic E-state index is -0.361. The number of methoxy groups -OCH3 is 1. The predicted molar refractivity (Wildman–Crippen MR) is 151 cm³/mol. The van der Waals surface area contributed by atoms with Crippen molar-refractivity contribution >= 4 is 51.4 Å². The van der Waals surface area contributed by atoms with E-state index in [4.69, 9.17) is 25.8 Å². The third-order valence-corrected chi connectivity index (χ3v) is 7.19. The van der Waals surface area contributed by atoms with Gasteiger partial charge in [0, 0.05) is 10.6 Å². The van der Waals surface area contributed by atoms with Crippen LogP contribution in [0.4, 0.5) is 4.79 Å². The molecule has 0 atom stereocenters. The number of hydrogen-bond acceptors (Lipinski definition) is 6. The maximum Gasteiger partial charge on any atom is 0.293 e. The number of rotatable bonds is 9. The zero-order valence-corrected chi connectivity index (χ0v) is 22.1. The van der Waals surface area contributed by atoms with Gasteiger partial charge in [-0.3, -0.25) is 14.5 Å². The van der Waals surface area contributed by atoms with Crippen LogP contribution in [0.3, 0.4) is 0 Å². The molecule has 0 aromatic heterocycles. The van der Waals surface area contributed by atoms with E-state index in [2.05, 4.69) is 0 Å². The van der Waals surface area contributed by atoms with Crippen molar-refractivity contribution in [2.24, 2.45) is 0 Å². The molecule has 2 amide bonds. The van der Waals surface area contributed by atoms with Gasteiger partial charge in [-0.25, -0.2) is 0 Å². The standard InChI is InChI=1S/C30H24ClNO5S/c1-35-26-8-4-5-9-27(26)36-17-16-32-29(33)28(38-30(32)34)18-24-23-7-3-2-6-21(23)12-15-25(24)37-19-20-10-13-22(31)14-11-20/h2-15,18H,16-17,19H2,1H3/b28-18-. The molecule has 0 radical (unpaired) electrons. The zero-order valence-electron chi connectivity index (χ0n) is 20.6. The summed E-state index contributed by atoms with van der Waals surface area (Å²) in [6, 6.07) is 26.4. The lowest BCUT2D eigenvalue weighted by Crippen LogP contribution is -2.32. The summed E-state index contributed by atoms with van der Waals surface area (Å²) in [5, 5.41) is 2.24. The van der Waals surface area contributed by atoms with Crippen molar-refractivity contribution in [2.75, 3.05) is 20.3 Å². The Kier molecular flexibility index (Phi) is 7.86. The molecule has 192 valence electrons. The molecule has 4 aromatic carbocycles. The van der Waals surface area contributed by atoms with Gasteiger partial charge in [-0.2, -0.15) is 0 Å². The zero-order chi connectivity index (χ0) is 26.5. The van der Waals surface area contributed by atoms with E-state index in [9.17, 15) is 9.59 Å². The van der Waals surface area contributed by atoms with Crippen LogP contribution >= 0.6 is 23.4 Å². The largest absolute Gasteiger partial charge is 0.493 e. The molecular formula is C30H24ClNO5S. The molecular weight excluding hydrogens is 522 g/mol. The highest BCUT2D eigenvalue weighted by Crippen LogP contribution is 2.37. The third kappa shape index (κ3) is 5.64. The van der Waals surface area contributed by atoms with Crippen LogP contribution in [0.5, 0.6) is 17.2 Å². The second-order valence-corrected chi connectivity index (χ2v) is 9.88. The van der Waals surface area contributed by atoms with Gasteiger partial charge in [0.05, 0.1) is 18.6 Å². The lowest BCUT2D eigenvalue weighted by atomic mass is 10.0. The second-order valence-electron chi connectivity index (χ2n) is 8.45. The molecule has 0 N–H and O–H groups in total. The summed E-state index contributed by atoms with van der Waals surface area (Å²) in [6.45, 7) is 0.600. The van der Waals surface area contributed by atoms with Gasteiger partial charge in [-0.15, -0.1) is 0 Å². The Morgan fingerprint density at radius 3 is 2.37 bits per heavy atom. The number of imide groups is 1. The average molecular weight is 546 g/mol. The monoisotopic (exact) mass is 545 g/mol. The van der Waals surface area contributed by atoms with E-state index in [1.54, 1.807) is 25.3 Å². The number of para-hydroxylation sites is 2. The van der Waals surface area contributed by atoms with Crippen molar-refractivity contribution in [1.29, 1.82) is 0 Å². The molecule has 1 aliphatic heterocycles. The van der Waals surface area contributed by atoms with Crippen molar-refractivity contribution in [2.45, 2.75) is 6.61 Å². The molecule has 5 rings (SSSR count). The first-order chi connectivity index (χ1) is 18.5. The number of benzene rings is 4. The van der Waals surface area contributed by atoms with Crippen LogP contribution in [0.1, 0.15) is 11.1 Å². The quantitative estimate of drug-likeness (QED) is 0.207. The number of carbonyl (C=O) groups is 2. The van der Waals surface area contributed by atoms with Crippen LogP contribution in [0.2, 0.25) is 5.02 Å². The maximum atomic E-state index is 13.2. The highest BCUT2D eigenvalue weighted by Gasteiger charge is 2.35. The molecule has 0 aliphatic carbocycles. The van der Waals surface area contributed by atoms with Gasteiger partial charge < -0.3 is 14.2 Å². The Bertz CT molecular complexity index is 1520. The van der Waals surface area contributed by atoms with Gasteiger partial charge in [0.25, 0.3) is 11.1 Å². The Balaban J connectivity index is 1.37. The van der Waals surface area contributed by atoms with E-state index in [-0.39, 0.29) is 24.3 Å². The molecule has 0 saturated carbocycles. The van der Waals surface area contributed by atoms with E-state index in [0.29, 0.717) is 33.8 Å².